The Morgan fingerprint density at radius 1 is 1.39 bits per heavy atom. The number of thioether (sulfide) groups is 1. The summed E-state index contributed by atoms with van der Waals surface area (Å²) in [6.45, 7) is -0.621. The molecule has 0 aromatic heterocycles. The van der Waals surface area contributed by atoms with Crippen molar-refractivity contribution in [3.63, 3.8) is 0 Å². The zero-order valence-electron chi connectivity index (χ0n) is 10.2. The molecule has 0 saturated carbocycles. The number of halogens is 2. The molecule has 0 spiro atoms. The lowest BCUT2D eigenvalue weighted by Crippen LogP contribution is -2.32. The molecule has 1 aromatic rings. The van der Waals surface area contributed by atoms with Crippen molar-refractivity contribution in [2.75, 3.05) is 11.1 Å². The number of nitrogens with one attached hydrogen (secondary N) is 1. The van der Waals surface area contributed by atoms with Gasteiger partial charge in [-0.05, 0) is 30.7 Å². The van der Waals surface area contributed by atoms with Crippen LogP contribution in [-0.4, -0.2) is 23.7 Å². The van der Waals surface area contributed by atoms with Crippen LogP contribution in [0.3, 0.4) is 0 Å². The molecule has 0 aliphatic carbocycles. The summed E-state index contributed by atoms with van der Waals surface area (Å²) in [6, 6.07) is 7.17. The second-order valence-electron chi connectivity index (χ2n) is 4.34. The average molecular weight is 273 g/mol. The quantitative estimate of drug-likeness (QED) is 0.896. The predicted molar refractivity (Wildman–Crippen MR) is 71.6 cm³/mol. The minimum atomic E-state index is -2.79. The Labute approximate surface area is 110 Å². The lowest BCUT2D eigenvalue weighted by atomic mass is 10.1. The van der Waals surface area contributed by atoms with E-state index in [2.05, 4.69) is 17.0 Å². The van der Waals surface area contributed by atoms with Crippen molar-refractivity contribution >= 4 is 17.4 Å². The highest BCUT2D eigenvalue weighted by Crippen LogP contribution is 2.31. The summed E-state index contributed by atoms with van der Waals surface area (Å²) in [5, 5.41) is 3.81. The summed E-state index contributed by atoms with van der Waals surface area (Å²) in [5.41, 5.74) is 0.650. The van der Waals surface area contributed by atoms with Crippen molar-refractivity contribution in [1.29, 1.82) is 0 Å². The minimum Gasteiger partial charge on any atom is -0.433 e. The standard InChI is InChI=1S/C13H17F2NOS/c1-9-10(6-4-8-18-9)16-11-5-2-3-7-12(11)17-13(14)15/h2-3,5,7,9-10,13,16H,4,6,8H2,1H3. The van der Waals surface area contributed by atoms with Crippen LogP contribution in [0.15, 0.2) is 24.3 Å². The first-order chi connectivity index (χ1) is 8.66. The van der Waals surface area contributed by atoms with Gasteiger partial charge in [0.2, 0.25) is 0 Å². The molecule has 2 nitrogen and oxygen atoms in total. The Morgan fingerprint density at radius 2 is 2.17 bits per heavy atom. The second-order valence-corrected chi connectivity index (χ2v) is 5.83. The van der Waals surface area contributed by atoms with Gasteiger partial charge in [-0.25, -0.2) is 0 Å². The van der Waals surface area contributed by atoms with Crippen molar-refractivity contribution in [2.24, 2.45) is 0 Å². The number of rotatable bonds is 4. The smallest absolute Gasteiger partial charge is 0.387 e. The van der Waals surface area contributed by atoms with Crippen LogP contribution in [0.5, 0.6) is 5.75 Å². The number of anilines is 1. The number of ether oxygens (including phenoxy) is 1. The Bertz CT molecular complexity index is 389. The van der Waals surface area contributed by atoms with Gasteiger partial charge in [-0.15, -0.1) is 0 Å². The van der Waals surface area contributed by atoms with Crippen molar-refractivity contribution in [1.82, 2.24) is 0 Å². The van der Waals surface area contributed by atoms with Gasteiger partial charge in [0, 0.05) is 11.3 Å². The van der Waals surface area contributed by atoms with E-state index in [4.69, 9.17) is 0 Å². The summed E-state index contributed by atoms with van der Waals surface area (Å²) in [7, 11) is 0. The van der Waals surface area contributed by atoms with Crippen LogP contribution in [0.4, 0.5) is 14.5 Å². The average Bonchev–Trinajstić information content (AvgIpc) is 2.34. The lowest BCUT2D eigenvalue weighted by molar-refractivity contribution is -0.0493. The van der Waals surface area contributed by atoms with E-state index in [0.717, 1.165) is 12.8 Å². The van der Waals surface area contributed by atoms with Crippen molar-refractivity contribution in [2.45, 2.75) is 37.7 Å². The molecule has 0 amide bonds. The summed E-state index contributed by atoms with van der Waals surface area (Å²) in [4.78, 5) is 0. The highest BCUT2D eigenvalue weighted by molar-refractivity contribution is 8.00. The number of para-hydroxylation sites is 2. The highest BCUT2D eigenvalue weighted by atomic mass is 32.2. The molecule has 1 saturated heterocycles. The molecule has 2 rings (SSSR count). The van der Waals surface area contributed by atoms with E-state index in [1.54, 1.807) is 18.2 Å². The summed E-state index contributed by atoms with van der Waals surface area (Å²) >= 11 is 1.91. The van der Waals surface area contributed by atoms with Gasteiger partial charge in [-0.3, -0.25) is 0 Å². The number of hydrogen-bond donors (Lipinski definition) is 1. The fourth-order valence-corrected chi connectivity index (χ4v) is 3.24. The van der Waals surface area contributed by atoms with Gasteiger partial charge in [0.05, 0.1) is 5.69 Å². The molecule has 1 aromatic carbocycles. The monoisotopic (exact) mass is 273 g/mol. The first kappa shape index (κ1) is 13.5. The van der Waals surface area contributed by atoms with Crippen molar-refractivity contribution < 1.29 is 13.5 Å². The van der Waals surface area contributed by atoms with Crippen LogP contribution >= 0.6 is 11.8 Å². The van der Waals surface area contributed by atoms with E-state index < -0.39 is 6.61 Å². The molecule has 1 N–H and O–H groups in total. The molecule has 0 radical (unpaired) electrons. The van der Waals surface area contributed by atoms with Gasteiger partial charge >= 0.3 is 6.61 Å². The first-order valence-electron chi connectivity index (χ1n) is 6.09. The van der Waals surface area contributed by atoms with Crippen molar-refractivity contribution in [3.05, 3.63) is 24.3 Å². The maximum absolute atomic E-state index is 12.3. The fourth-order valence-electron chi connectivity index (χ4n) is 2.10. The lowest BCUT2D eigenvalue weighted by Gasteiger charge is -2.30. The van der Waals surface area contributed by atoms with Gasteiger partial charge in [0.15, 0.2) is 0 Å². The summed E-state index contributed by atoms with van der Waals surface area (Å²) in [6.07, 6.45) is 2.22. The van der Waals surface area contributed by atoms with E-state index in [0.29, 0.717) is 17.0 Å². The molecule has 1 aliphatic heterocycles. The summed E-state index contributed by atoms with van der Waals surface area (Å²) < 4.78 is 29.1. The Morgan fingerprint density at radius 3 is 2.89 bits per heavy atom. The number of benzene rings is 1. The third kappa shape index (κ3) is 3.51. The Kier molecular flexibility index (Phi) is 4.69. The zero-order valence-corrected chi connectivity index (χ0v) is 11.1. The third-order valence-electron chi connectivity index (χ3n) is 3.05. The van der Waals surface area contributed by atoms with Crippen LogP contribution in [0.2, 0.25) is 0 Å². The van der Waals surface area contributed by atoms with Crippen LogP contribution in [-0.2, 0) is 0 Å². The number of alkyl halides is 2. The van der Waals surface area contributed by atoms with E-state index in [1.165, 1.54) is 5.75 Å². The fraction of sp³-hybridized carbons (Fsp3) is 0.538. The van der Waals surface area contributed by atoms with E-state index >= 15 is 0 Å². The van der Waals surface area contributed by atoms with Gasteiger partial charge in [0.1, 0.15) is 5.75 Å². The minimum absolute atomic E-state index is 0.218. The first-order valence-corrected chi connectivity index (χ1v) is 7.13. The molecule has 5 heteroatoms. The maximum Gasteiger partial charge on any atom is 0.387 e. The molecule has 18 heavy (non-hydrogen) atoms. The third-order valence-corrected chi connectivity index (χ3v) is 4.43. The van der Waals surface area contributed by atoms with Gasteiger partial charge in [0.25, 0.3) is 0 Å². The van der Waals surface area contributed by atoms with Gasteiger partial charge in [-0.2, -0.15) is 20.5 Å². The molecule has 100 valence electrons. The number of hydrogen-bond acceptors (Lipinski definition) is 3. The molecule has 0 bridgehead atoms. The molecule has 1 heterocycles. The van der Waals surface area contributed by atoms with Gasteiger partial charge < -0.3 is 10.1 Å². The predicted octanol–water partition coefficient (Wildman–Crippen LogP) is 3.98. The van der Waals surface area contributed by atoms with E-state index in [9.17, 15) is 8.78 Å². The summed E-state index contributed by atoms with van der Waals surface area (Å²) in [5.74, 6) is 1.39. The molecule has 1 fully saturated rings. The largest absolute Gasteiger partial charge is 0.433 e. The normalized spacial score (nSPS) is 24.0. The Hall–Kier alpha value is -0.970. The SMILES string of the molecule is CC1SCCCC1Nc1ccccc1OC(F)F. The van der Waals surface area contributed by atoms with Crippen LogP contribution in [0, 0.1) is 0 Å². The van der Waals surface area contributed by atoms with Crippen molar-refractivity contribution in [3.8, 4) is 5.75 Å². The highest BCUT2D eigenvalue weighted by Gasteiger charge is 2.22. The Balaban J connectivity index is 2.07. The topological polar surface area (TPSA) is 21.3 Å². The van der Waals surface area contributed by atoms with Gasteiger partial charge in [-0.1, -0.05) is 19.1 Å². The maximum atomic E-state index is 12.3. The van der Waals surface area contributed by atoms with E-state index in [-0.39, 0.29) is 5.75 Å². The molecular weight excluding hydrogens is 256 g/mol. The van der Waals surface area contributed by atoms with E-state index in [1.807, 2.05) is 17.8 Å². The molecule has 1 aliphatic rings. The molecule has 2 atom stereocenters. The molecule has 2 unspecified atom stereocenters. The van der Waals surface area contributed by atoms with Crippen LogP contribution in [0.25, 0.3) is 0 Å². The molecular formula is C13H17F2NOS. The second kappa shape index (κ2) is 6.27. The van der Waals surface area contributed by atoms with Crippen LogP contribution in [0.1, 0.15) is 19.8 Å². The van der Waals surface area contributed by atoms with Crippen LogP contribution < -0.4 is 10.1 Å². The zero-order chi connectivity index (χ0) is 13.0.